The summed E-state index contributed by atoms with van der Waals surface area (Å²) in [5.74, 6) is 0.256. The normalized spacial score (nSPS) is 18.2. The van der Waals surface area contributed by atoms with Crippen molar-refractivity contribution in [2.75, 3.05) is 37.8 Å². The van der Waals surface area contributed by atoms with E-state index in [2.05, 4.69) is 25.5 Å². The number of likely N-dealkylation sites (tertiary alicyclic amines) is 1. The zero-order chi connectivity index (χ0) is 23.9. The van der Waals surface area contributed by atoms with Crippen molar-refractivity contribution in [3.63, 3.8) is 0 Å². The van der Waals surface area contributed by atoms with Gasteiger partial charge >= 0.3 is 0 Å². The second-order valence-electron chi connectivity index (χ2n) is 8.71. The quantitative estimate of drug-likeness (QED) is 0.581. The highest BCUT2D eigenvalue weighted by Crippen LogP contribution is 2.33. The number of hydrogen-bond donors (Lipinski definition) is 2. The van der Waals surface area contributed by atoms with Gasteiger partial charge in [-0.25, -0.2) is 18.4 Å². The summed E-state index contributed by atoms with van der Waals surface area (Å²) in [5.41, 5.74) is 3.64. The van der Waals surface area contributed by atoms with Crippen LogP contribution in [0.4, 0.5) is 17.3 Å². The van der Waals surface area contributed by atoms with Crippen LogP contribution in [0.5, 0.6) is 0 Å². The minimum absolute atomic E-state index is 0.0231. The molecule has 0 spiro atoms. The highest BCUT2D eigenvalue weighted by atomic mass is 32.2. The minimum atomic E-state index is -3.58. The first kappa shape index (κ1) is 22.5. The Morgan fingerprint density at radius 3 is 2.65 bits per heavy atom. The molecular weight excluding hydrogens is 452 g/mol. The van der Waals surface area contributed by atoms with Crippen LogP contribution in [0, 0.1) is 0 Å². The van der Waals surface area contributed by atoms with Crippen LogP contribution in [-0.2, 0) is 21.2 Å². The third kappa shape index (κ3) is 4.27. The summed E-state index contributed by atoms with van der Waals surface area (Å²) in [4.78, 5) is 23.6. The Bertz CT molecular complexity index is 1340. The van der Waals surface area contributed by atoms with E-state index in [-0.39, 0.29) is 23.3 Å². The van der Waals surface area contributed by atoms with Crippen LogP contribution in [0.3, 0.4) is 0 Å². The number of carbonyl (C=O) groups excluding carboxylic acids is 1. The van der Waals surface area contributed by atoms with Crippen LogP contribution in [0.15, 0.2) is 59.6 Å². The maximum absolute atomic E-state index is 13.1. The Morgan fingerprint density at radius 2 is 1.91 bits per heavy atom. The number of fused-ring (bicyclic) bond motifs is 3. The molecule has 0 bridgehead atoms. The van der Waals surface area contributed by atoms with Gasteiger partial charge in [-0.1, -0.05) is 18.2 Å². The highest BCUT2D eigenvalue weighted by molar-refractivity contribution is 7.89. The molecule has 1 amide bonds. The summed E-state index contributed by atoms with van der Waals surface area (Å²) < 4.78 is 27.6. The number of sulfonamides is 1. The topological polar surface area (TPSA) is 108 Å². The van der Waals surface area contributed by atoms with Gasteiger partial charge in [-0.3, -0.25) is 4.79 Å². The van der Waals surface area contributed by atoms with Gasteiger partial charge in [0.15, 0.2) is 0 Å². The lowest BCUT2D eigenvalue weighted by Crippen LogP contribution is -2.38. The van der Waals surface area contributed by atoms with Crippen molar-refractivity contribution in [2.24, 2.45) is 0 Å². The van der Waals surface area contributed by atoms with Gasteiger partial charge in [0.05, 0.1) is 22.7 Å². The van der Waals surface area contributed by atoms with Crippen molar-refractivity contribution < 1.29 is 13.2 Å². The molecule has 1 aromatic heterocycles. The van der Waals surface area contributed by atoms with Crippen molar-refractivity contribution in [1.82, 2.24) is 19.2 Å². The predicted octanol–water partition coefficient (Wildman–Crippen LogP) is 2.71. The van der Waals surface area contributed by atoms with Gasteiger partial charge in [0.2, 0.25) is 21.9 Å². The van der Waals surface area contributed by atoms with E-state index in [0.29, 0.717) is 23.0 Å². The lowest BCUT2D eigenvalue weighted by Gasteiger charge is -2.23. The molecule has 3 heterocycles. The molecule has 2 N–H and O–H groups in total. The third-order valence-corrected chi connectivity index (χ3v) is 8.26. The van der Waals surface area contributed by atoms with Crippen molar-refractivity contribution in [3.05, 3.63) is 60.3 Å². The van der Waals surface area contributed by atoms with Crippen LogP contribution in [0.25, 0.3) is 11.3 Å². The molecule has 1 unspecified atom stereocenters. The van der Waals surface area contributed by atoms with Crippen molar-refractivity contribution in [2.45, 2.75) is 23.8 Å². The van der Waals surface area contributed by atoms with E-state index < -0.39 is 10.0 Å². The summed E-state index contributed by atoms with van der Waals surface area (Å²) in [6.45, 7) is 1.62. The second-order valence-corrected chi connectivity index (χ2v) is 10.7. The smallest absolute Gasteiger partial charge is 0.243 e. The zero-order valence-electron chi connectivity index (χ0n) is 19.0. The second kappa shape index (κ2) is 8.79. The summed E-state index contributed by atoms with van der Waals surface area (Å²) in [6, 6.07) is 14.1. The third-order valence-electron chi connectivity index (χ3n) is 6.34. The van der Waals surface area contributed by atoms with E-state index in [4.69, 9.17) is 0 Å². The molecule has 5 rings (SSSR count). The van der Waals surface area contributed by atoms with Crippen LogP contribution < -0.4 is 10.6 Å². The van der Waals surface area contributed by atoms with Gasteiger partial charge in [-0.2, -0.15) is 4.31 Å². The van der Waals surface area contributed by atoms with E-state index >= 15 is 0 Å². The molecule has 0 radical (unpaired) electrons. The monoisotopic (exact) mass is 478 g/mol. The van der Waals surface area contributed by atoms with Crippen LogP contribution in [0.1, 0.15) is 12.0 Å². The molecule has 1 fully saturated rings. The molecule has 34 heavy (non-hydrogen) atoms. The number of rotatable bonds is 5. The van der Waals surface area contributed by atoms with E-state index in [1.54, 1.807) is 37.5 Å². The van der Waals surface area contributed by atoms with Crippen molar-refractivity contribution in [3.8, 4) is 11.3 Å². The SMILES string of the molecule is CN1CCC(N(C)S(=O)(=O)c2ccc(Nc3ncc4c(n3)-c3ccccc3NC(=O)C4)cc2)C1. The molecule has 176 valence electrons. The highest BCUT2D eigenvalue weighted by Gasteiger charge is 2.32. The first-order valence-electron chi connectivity index (χ1n) is 11.1. The molecular formula is C24H26N6O3S. The fraction of sp³-hybridized carbons (Fsp3) is 0.292. The van der Waals surface area contributed by atoms with Crippen molar-refractivity contribution in [1.29, 1.82) is 0 Å². The maximum atomic E-state index is 13.1. The summed E-state index contributed by atoms with van der Waals surface area (Å²) in [7, 11) is 0.0621. The number of anilines is 3. The lowest BCUT2D eigenvalue weighted by molar-refractivity contribution is -0.115. The van der Waals surface area contributed by atoms with Crippen LogP contribution in [0.2, 0.25) is 0 Å². The molecule has 3 aromatic rings. The van der Waals surface area contributed by atoms with Gasteiger partial charge in [0.1, 0.15) is 0 Å². The fourth-order valence-electron chi connectivity index (χ4n) is 4.41. The van der Waals surface area contributed by atoms with Crippen molar-refractivity contribution >= 4 is 33.3 Å². The number of hydrogen-bond acceptors (Lipinski definition) is 7. The van der Waals surface area contributed by atoms with Gasteiger partial charge in [0, 0.05) is 42.6 Å². The minimum Gasteiger partial charge on any atom is -0.325 e. The number of para-hydroxylation sites is 1. The summed E-state index contributed by atoms with van der Waals surface area (Å²) in [6.07, 6.45) is 2.67. The summed E-state index contributed by atoms with van der Waals surface area (Å²) in [5, 5.41) is 6.04. The molecule has 2 aliphatic rings. The first-order valence-corrected chi connectivity index (χ1v) is 12.5. The molecule has 2 aliphatic heterocycles. The fourth-order valence-corrected chi connectivity index (χ4v) is 5.78. The van der Waals surface area contributed by atoms with Gasteiger partial charge < -0.3 is 15.5 Å². The Balaban J connectivity index is 1.37. The molecule has 1 atom stereocenters. The molecule has 0 saturated carbocycles. The van der Waals surface area contributed by atoms with E-state index in [1.165, 1.54) is 4.31 Å². The Kier molecular flexibility index (Phi) is 5.80. The number of carbonyl (C=O) groups is 1. The Morgan fingerprint density at radius 1 is 1.15 bits per heavy atom. The number of likely N-dealkylation sites (N-methyl/N-ethyl adjacent to an activating group) is 2. The maximum Gasteiger partial charge on any atom is 0.243 e. The number of benzene rings is 2. The van der Waals surface area contributed by atoms with Gasteiger partial charge in [0.25, 0.3) is 0 Å². The first-order chi connectivity index (χ1) is 16.3. The van der Waals surface area contributed by atoms with E-state index in [9.17, 15) is 13.2 Å². The van der Waals surface area contributed by atoms with E-state index in [1.807, 2.05) is 31.3 Å². The number of nitrogens with zero attached hydrogens (tertiary/aromatic N) is 4. The van der Waals surface area contributed by atoms with E-state index in [0.717, 1.165) is 30.6 Å². The largest absolute Gasteiger partial charge is 0.325 e. The number of amides is 1. The van der Waals surface area contributed by atoms with Crippen LogP contribution in [-0.4, -0.2) is 66.7 Å². The average molecular weight is 479 g/mol. The zero-order valence-corrected chi connectivity index (χ0v) is 19.8. The Hall–Kier alpha value is -3.34. The standard InChI is InChI=1S/C24H26N6O3S/c1-29-12-11-18(15-29)30(2)34(32,33)19-9-7-17(8-10-19)26-24-25-14-16-13-22(31)27-21-6-4-3-5-20(21)23(16)28-24/h3-10,14,18H,11-13,15H2,1-2H3,(H,27,31)(H,25,26,28). The summed E-state index contributed by atoms with van der Waals surface area (Å²) >= 11 is 0. The number of nitrogens with one attached hydrogen (secondary N) is 2. The Labute approximate surface area is 198 Å². The molecule has 9 nitrogen and oxygen atoms in total. The average Bonchev–Trinajstić information content (AvgIpc) is 3.20. The molecule has 1 saturated heterocycles. The molecule has 0 aliphatic carbocycles. The van der Waals surface area contributed by atoms with Gasteiger partial charge in [-0.15, -0.1) is 0 Å². The lowest BCUT2D eigenvalue weighted by atomic mass is 10.1. The molecule has 10 heteroatoms. The van der Waals surface area contributed by atoms with Gasteiger partial charge in [-0.05, 0) is 50.3 Å². The molecule has 2 aromatic carbocycles. The number of aromatic nitrogens is 2. The van der Waals surface area contributed by atoms with Crippen LogP contribution >= 0.6 is 0 Å². The predicted molar refractivity (Wildman–Crippen MR) is 130 cm³/mol.